The number of aromatic nitrogens is 2. The molecule has 36 heavy (non-hydrogen) atoms. The van der Waals surface area contributed by atoms with E-state index in [2.05, 4.69) is 72.3 Å². The molecule has 1 aliphatic heterocycles. The van der Waals surface area contributed by atoms with Gasteiger partial charge in [0.1, 0.15) is 17.7 Å². The molecule has 0 aliphatic carbocycles. The highest BCUT2D eigenvalue weighted by Crippen LogP contribution is 2.20. The second-order valence-electron chi connectivity index (χ2n) is 10.1. The van der Waals surface area contributed by atoms with Gasteiger partial charge in [0.05, 0.1) is 17.6 Å². The molecule has 0 radical (unpaired) electrons. The predicted octanol–water partition coefficient (Wildman–Crippen LogP) is 6.03. The zero-order valence-corrected chi connectivity index (χ0v) is 21.9. The first-order valence-corrected chi connectivity index (χ1v) is 13.7. The van der Waals surface area contributed by atoms with Gasteiger partial charge >= 0.3 is 0 Å². The van der Waals surface area contributed by atoms with Crippen LogP contribution in [0.5, 0.6) is 5.75 Å². The maximum Gasteiger partial charge on any atom is 0.249 e. The minimum Gasteiger partial charge on any atom is -0.494 e. The third-order valence-corrected chi connectivity index (χ3v) is 6.92. The maximum atomic E-state index is 12.1. The highest BCUT2D eigenvalue weighted by atomic mass is 16.5. The van der Waals surface area contributed by atoms with Crippen molar-refractivity contribution in [1.82, 2.24) is 14.9 Å². The van der Waals surface area contributed by atoms with Crippen molar-refractivity contribution < 1.29 is 14.3 Å². The molecule has 3 aromatic rings. The second-order valence-corrected chi connectivity index (χ2v) is 10.1. The van der Waals surface area contributed by atoms with Gasteiger partial charge in [-0.1, -0.05) is 44.5 Å². The largest absolute Gasteiger partial charge is 0.494 e. The molecule has 1 N–H and O–H groups in total. The number of imidazole rings is 1. The molecule has 1 unspecified atom stereocenters. The normalized spacial score (nSPS) is 15.6. The summed E-state index contributed by atoms with van der Waals surface area (Å²) in [5.41, 5.74) is 3.62. The molecule has 0 saturated carbocycles. The van der Waals surface area contributed by atoms with Gasteiger partial charge in [-0.2, -0.15) is 0 Å². The minimum absolute atomic E-state index is 0.0471. The molecule has 6 heteroatoms. The summed E-state index contributed by atoms with van der Waals surface area (Å²) in [5, 5.41) is 3.02. The molecule has 0 bridgehead atoms. The second kappa shape index (κ2) is 13.4. The van der Waals surface area contributed by atoms with Crippen molar-refractivity contribution in [1.29, 1.82) is 0 Å². The lowest BCUT2D eigenvalue weighted by molar-refractivity contribution is -0.130. The Hall–Kier alpha value is -2.86. The Kier molecular flexibility index (Phi) is 9.79. The first-order valence-electron chi connectivity index (χ1n) is 13.7. The topological polar surface area (TPSA) is 65.4 Å². The fourth-order valence-corrected chi connectivity index (χ4v) is 4.77. The van der Waals surface area contributed by atoms with Crippen LogP contribution in [0.2, 0.25) is 0 Å². The fraction of sp³-hybridized carbons (Fsp3) is 0.533. The number of fused-ring (bicyclic) bond motifs is 1. The number of hydrogen-bond acceptors (Lipinski definition) is 4. The van der Waals surface area contributed by atoms with E-state index in [1.807, 2.05) is 0 Å². The SMILES string of the molecule is CC(C)c1ccc(OCCCCn2c(CCCCCNC(=O)C3CCCO3)nc3ccccc32)cc1. The van der Waals surface area contributed by atoms with Crippen LogP contribution in [0.25, 0.3) is 11.0 Å². The molecule has 194 valence electrons. The molecule has 1 aromatic heterocycles. The van der Waals surface area contributed by atoms with Crippen LogP contribution in [0.4, 0.5) is 0 Å². The van der Waals surface area contributed by atoms with Gasteiger partial charge in [-0.05, 0) is 74.3 Å². The molecule has 1 atom stereocenters. The zero-order valence-electron chi connectivity index (χ0n) is 21.9. The standard InChI is InChI=1S/C30H41N3O3/c1-23(2)24-15-17-25(18-16-24)35-21-9-8-20-33-27-12-6-5-11-26(27)32-29(33)14-4-3-7-19-31-30(34)28-13-10-22-36-28/h5-6,11-12,15-18,23,28H,3-4,7-10,13-14,19-22H2,1-2H3,(H,31,34). The van der Waals surface area contributed by atoms with Gasteiger partial charge in [0.25, 0.3) is 0 Å². The number of ether oxygens (including phenoxy) is 2. The van der Waals surface area contributed by atoms with Gasteiger partial charge in [-0.3, -0.25) is 4.79 Å². The van der Waals surface area contributed by atoms with E-state index in [1.54, 1.807) is 0 Å². The first kappa shape index (κ1) is 26.2. The van der Waals surface area contributed by atoms with E-state index in [9.17, 15) is 4.79 Å². The third-order valence-electron chi connectivity index (χ3n) is 6.92. The number of amides is 1. The third kappa shape index (κ3) is 7.33. The molecule has 1 amide bonds. The fourth-order valence-electron chi connectivity index (χ4n) is 4.77. The van der Waals surface area contributed by atoms with Crippen LogP contribution in [0, 0.1) is 0 Å². The van der Waals surface area contributed by atoms with Crippen molar-refractivity contribution in [2.45, 2.75) is 83.8 Å². The number of nitrogens with one attached hydrogen (secondary N) is 1. The van der Waals surface area contributed by atoms with Crippen LogP contribution >= 0.6 is 0 Å². The molecular weight excluding hydrogens is 450 g/mol. The quantitative estimate of drug-likeness (QED) is 0.280. The molecule has 1 aliphatic rings. The van der Waals surface area contributed by atoms with Crippen LogP contribution in [-0.2, 0) is 22.5 Å². The summed E-state index contributed by atoms with van der Waals surface area (Å²) in [6.45, 7) is 7.51. The van der Waals surface area contributed by atoms with E-state index in [0.29, 0.717) is 12.5 Å². The summed E-state index contributed by atoms with van der Waals surface area (Å²) in [5.74, 6) is 2.69. The molecule has 2 heterocycles. The Balaban J connectivity index is 1.20. The Labute approximate surface area is 215 Å². The van der Waals surface area contributed by atoms with E-state index in [4.69, 9.17) is 14.5 Å². The van der Waals surface area contributed by atoms with Crippen LogP contribution in [0.1, 0.15) is 76.1 Å². The zero-order chi connectivity index (χ0) is 25.2. The minimum atomic E-state index is -0.235. The number of carbonyl (C=O) groups is 1. The van der Waals surface area contributed by atoms with Gasteiger partial charge in [0.15, 0.2) is 0 Å². The summed E-state index contributed by atoms with van der Waals surface area (Å²) in [6, 6.07) is 16.9. The highest BCUT2D eigenvalue weighted by molar-refractivity contribution is 5.80. The van der Waals surface area contributed by atoms with E-state index in [-0.39, 0.29) is 12.0 Å². The number of hydrogen-bond donors (Lipinski definition) is 1. The number of benzene rings is 2. The van der Waals surface area contributed by atoms with E-state index >= 15 is 0 Å². The molecular formula is C30H41N3O3. The van der Waals surface area contributed by atoms with Crippen LogP contribution in [-0.4, -0.2) is 41.3 Å². The molecule has 1 fully saturated rings. The van der Waals surface area contributed by atoms with Crippen LogP contribution in [0.3, 0.4) is 0 Å². The lowest BCUT2D eigenvalue weighted by Crippen LogP contribution is -2.34. The lowest BCUT2D eigenvalue weighted by Gasteiger charge is -2.11. The molecule has 0 spiro atoms. The Morgan fingerprint density at radius 1 is 1.08 bits per heavy atom. The number of aryl methyl sites for hydroxylation is 2. The average molecular weight is 492 g/mol. The number of carbonyl (C=O) groups excluding carboxylic acids is 1. The van der Waals surface area contributed by atoms with Crippen molar-refractivity contribution in [3.63, 3.8) is 0 Å². The molecule has 2 aromatic carbocycles. The number of para-hydroxylation sites is 2. The predicted molar refractivity (Wildman–Crippen MR) is 145 cm³/mol. The summed E-state index contributed by atoms with van der Waals surface area (Å²) < 4.78 is 13.8. The van der Waals surface area contributed by atoms with Gasteiger partial charge in [0.2, 0.25) is 5.91 Å². The first-order chi connectivity index (χ1) is 17.6. The number of nitrogens with zero attached hydrogens (tertiary/aromatic N) is 2. The van der Waals surface area contributed by atoms with Gasteiger partial charge in [-0.15, -0.1) is 0 Å². The molecule has 1 saturated heterocycles. The highest BCUT2D eigenvalue weighted by Gasteiger charge is 2.22. The molecule has 4 rings (SSSR count). The number of rotatable bonds is 14. The Bertz CT molecular complexity index is 1080. The van der Waals surface area contributed by atoms with E-state index < -0.39 is 0 Å². The van der Waals surface area contributed by atoms with Crippen molar-refractivity contribution in [3.05, 3.63) is 59.9 Å². The monoisotopic (exact) mass is 491 g/mol. The Morgan fingerprint density at radius 3 is 2.69 bits per heavy atom. The van der Waals surface area contributed by atoms with Crippen molar-refractivity contribution >= 4 is 16.9 Å². The van der Waals surface area contributed by atoms with E-state index in [0.717, 1.165) is 88.2 Å². The summed E-state index contributed by atoms with van der Waals surface area (Å²) >= 11 is 0. The Morgan fingerprint density at radius 2 is 1.92 bits per heavy atom. The summed E-state index contributed by atoms with van der Waals surface area (Å²) in [4.78, 5) is 17.0. The van der Waals surface area contributed by atoms with E-state index in [1.165, 1.54) is 11.1 Å². The summed E-state index contributed by atoms with van der Waals surface area (Å²) in [7, 11) is 0. The van der Waals surface area contributed by atoms with Gasteiger partial charge < -0.3 is 19.4 Å². The van der Waals surface area contributed by atoms with Crippen molar-refractivity contribution in [3.8, 4) is 5.75 Å². The molecule has 6 nitrogen and oxygen atoms in total. The summed E-state index contributed by atoms with van der Waals surface area (Å²) in [6.07, 6.45) is 7.71. The lowest BCUT2D eigenvalue weighted by atomic mass is 10.0. The van der Waals surface area contributed by atoms with Gasteiger partial charge in [0, 0.05) is 26.1 Å². The number of unbranched alkanes of at least 4 members (excludes halogenated alkanes) is 3. The van der Waals surface area contributed by atoms with Gasteiger partial charge in [-0.25, -0.2) is 4.98 Å². The van der Waals surface area contributed by atoms with Crippen molar-refractivity contribution in [2.75, 3.05) is 19.8 Å². The smallest absolute Gasteiger partial charge is 0.249 e. The maximum absolute atomic E-state index is 12.1. The van der Waals surface area contributed by atoms with Crippen LogP contribution < -0.4 is 10.1 Å². The van der Waals surface area contributed by atoms with Crippen LogP contribution in [0.15, 0.2) is 48.5 Å². The average Bonchev–Trinajstić information content (AvgIpc) is 3.55. The van der Waals surface area contributed by atoms with Crippen molar-refractivity contribution in [2.24, 2.45) is 0 Å².